The van der Waals surface area contributed by atoms with Gasteiger partial charge in [0, 0.05) is 31.1 Å². The number of carbonyl (C=O) groups is 1. The molecule has 2 aliphatic heterocycles. The number of hydrogen-bond acceptors (Lipinski definition) is 3. The lowest BCUT2D eigenvalue weighted by Gasteiger charge is -2.31. The van der Waals surface area contributed by atoms with E-state index in [1.54, 1.807) is 23.9 Å². The molecule has 3 rings (SSSR count). The number of rotatable bonds is 4. The van der Waals surface area contributed by atoms with E-state index in [-0.39, 0.29) is 22.2 Å². The largest absolute Gasteiger partial charge is 0.381 e. The van der Waals surface area contributed by atoms with Gasteiger partial charge in [0.25, 0.3) is 0 Å². The number of carbonyl (C=O) groups excluding carboxylic acids is 1. The summed E-state index contributed by atoms with van der Waals surface area (Å²) in [4.78, 5) is 14.7. The Balaban J connectivity index is 1.60. The molecule has 2 saturated heterocycles. The quantitative estimate of drug-likeness (QED) is 0.850. The molecule has 5 heteroatoms. The van der Waals surface area contributed by atoms with Crippen molar-refractivity contribution in [2.24, 2.45) is 0 Å². The molecule has 2 heterocycles. The van der Waals surface area contributed by atoms with Gasteiger partial charge < -0.3 is 9.64 Å². The summed E-state index contributed by atoms with van der Waals surface area (Å²) in [7, 11) is 0. The van der Waals surface area contributed by atoms with Crippen molar-refractivity contribution in [2.45, 2.75) is 42.7 Å². The molecule has 0 spiro atoms. The van der Waals surface area contributed by atoms with Gasteiger partial charge in [-0.25, -0.2) is 4.39 Å². The van der Waals surface area contributed by atoms with Crippen LogP contribution in [0.25, 0.3) is 0 Å². The van der Waals surface area contributed by atoms with Crippen molar-refractivity contribution in [1.82, 2.24) is 4.90 Å². The van der Waals surface area contributed by atoms with E-state index >= 15 is 0 Å². The van der Waals surface area contributed by atoms with Gasteiger partial charge >= 0.3 is 0 Å². The molecule has 0 unspecified atom stereocenters. The molecule has 0 saturated carbocycles. The summed E-state index contributed by atoms with van der Waals surface area (Å²) in [6.45, 7) is 4.40. The third-order valence-corrected chi connectivity index (χ3v) is 5.96. The van der Waals surface area contributed by atoms with Crippen LogP contribution >= 0.6 is 11.8 Å². The highest BCUT2D eigenvalue weighted by Gasteiger charge is 2.37. The van der Waals surface area contributed by atoms with Crippen molar-refractivity contribution in [3.63, 3.8) is 0 Å². The zero-order valence-corrected chi connectivity index (χ0v) is 13.7. The molecule has 1 amide bonds. The summed E-state index contributed by atoms with van der Waals surface area (Å²) >= 11 is 1.66. The van der Waals surface area contributed by atoms with E-state index in [9.17, 15) is 9.18 Å². The maximum atomic E-state index is 13.3. The number of ether oxygens (including phenoxy) is 1. The number of thioether (sulfide) groups is 1. The van der Waals surface area contributed by atoms with Gasteiger partial charge in [-0.05, 0) is 43.9 Å². The fraction of sp³-hybridized carbons (Fsp3) is 0.588. The van der Waals surface area contributed by atoms with Gasteiger partial charge in [0.15, 0.2) is 0 Å². The smallest absolute Gasteiger partial charge is 0.236 e. The van der Waals surface area contributed by atoms with Crippen molar-refractivity contribution < 1.29 is 13.9 Å². The minimum atomic E-state index is -0.216. The van der Waals surface area contributed by atoms with Crippen molar-refractivity contribution in [3.05, 3.63) is 35.6 Å². The summed E-state index contributed by atoms with van der Waals surface area (Å²) in [5, 5.41) is 0.125. The maximum absolute atomic E-state index is 13.3. The zero-order chi connectivity index (χ0) is 15.5. The van der Waals surface area contributed by atoms with Gasteiger partial charge in [-0.3, -0.25) is 4.79 Å². The predicted molar refractivity (Wildman–Crippen MR) is 86.4 cm³/mol. The van der Waals surface area contributed by atoms with Gasteiger partial charge in [0.05, 0.1) is 5.25 Å². The van der Waals surface area contributed by atoms with Gasteiger partial charge in [-0.1, -0.05) is 12.1 Å². The SMILES string of the molecule is C[C@@H](S[C@H]1CCN(C2CCOCC2)C1=O)c1cccc(F)c1. The third kappa shape index (κ3) is 3.46. The average Bonchev–Trinajstić information content (AvgIpc) is 2.89. The summed E-state index contributed by atoms with van der Waals surface area (Å²) in [5.74, 6) is 0.0340. The fourth-order valence-electron chi connectivity index (χ4n) is 3.24. The number of amides is 1. The highest BCUT2D eigenvalue weighted by atomic mass is 32.2. The first-order chi connectivity index (χ1) is 10.6. The Kier molecular flexibility index (Phi) is 5.03. The number of hydrogen-bond donors (Lipinski definition) is 0. The van der Waals surface area contributed by atoms with Crippen LogP contribution in [-0.4, -0.2) is 41.9 Å². The molecule has 2 fully saturated rings. The lowest BCUT2D eigenvalue weighted by atomic mass is 10.1. The number of benzene rings is 1. The van der Waals surface area contributed by atoms with Crippen LogP contribution in [0.1, 0.15) is 37.0 Å². The van der Waals surface area contributed by atoms with Crippen LogP contribution < -0.4 is 0 Å². The van der Waals surface area contributed by atoms with Crippen LogP contribution in [0.3, 0.4) is 0 Å². The normalized spacial score (nSPS) is 24.7. The molecule has 0 radical (unpaired) electrons. The Hall–Kier alpha value is -1.07. The summed E-state index contributed by atoms with van der Waals surface area (Å²) in [6.07, 6.45) is 2.78. The Morgan fingerprint density at radius 2 is 2.09 bits per heavy atom. The van der Waals surface area contributed by atoms with Crippen LogP contribution in [0.2, 0.25) is 0 Å². The van der Waals surface area contributed by atoms with Crippen molar-refractivity contribution in [3.8, 4) is 0 Å². The zero-order valence-electron chi connectivity index (χ0n) is 12.8. The monoisotopic (exact) mass is 323 g/mol. The van der Waals surface area contributed by atoms with E-state index in [4.69, 9.17) is 4.74 Å². The van der Waals surface area contributed by atoms with E-state index in [0.29, 0.717) is 6.04 Å². The molecular weight excluding hydrogens is 301 g/mol. The van der Waals surface area contributed by atoms with Crippen LogP contribution in [0.5, 0.6) is 0 Å². The summed E-state index contributed by atoms with van der Waals surface area (Å²) in [6, 6.07) is 7.02. The molecule has 0 bridgehead atoms. The molecule has 22 heavy (non-hydrogen) atoms. The molecular formula is C17H22FNO2S. The highest BCUT2D eigenvalue weighted by molar-refractivity contribution is 8.00. The molecule has 1 aromatic carbocycles. The Morgan fingerprint density at radius 1 is 1.32 bits per heavy atom. The molecule has 0 aromatic heterocycles. The molecule has 2 aliphatic rings. The topological polar surface area (TPSA) is 29.5 Å². The number of nitrogens with zero attached hydrogens (tertiary/aromatic N) is 1. The van der Waals surface area contributed by atoms with Crippen molar-refractivity contribution >= 4 is 17.7 Å². The second-order valence-electron chi connectivity index (χ2n) is 5.99. The van der Waals surface area contributed by atoms with Gasteiger partial charge in [0.1, 0.15) is 5.82 Å². The number of halogens is 1. The van der Waals surface area contributed by atoms with E-state index in [1.165, 1.54) is 6.07 Å². The highest BCUT2D eigenvalue weighted by Crippen LogP contribution is 2.37. The standard InChI is InChI=1S/C17H22FNO2S/c1-12(13-3-2-4-14(18)11-13)22-16-5-8-19(17(16)20)15-6-9-21-10-7-15/h2-4,11-12,15-16H,5-10H2,1H3/t12-,16+/m1/s1. The van der Waals surface area contributed by atoms with Crippen LogP contribution in [0.15, 0.2) is 24.3 Å². The maximum Gasteiger partial charge on any atom is 0.236 e. The first-order valence-electron chi connectivity index (χ1n) is 7.94. The molecule has 120 valence electrons. The Labute approximate surface area is 135 Å². The fourth-order valence-corrected chi connectivity index (χ4v) is 4.53. The van der Waals surface area contributed by atoms with Gasteiger partial charge in [-0.15, -0.1) is 11.8 Å². The molecule has 0 aliphatic carbocycles. The average molecular weight is 323 g/mol. The van der Waals surface area contributed by atoms with E-state index < -0.39 is 0 Å². The summed E-state index contributed by atoms with van der Waals surface area (Å²) < 4.78 is 18.7. The molecule has 3 nitrogen and oxygen atoms in total. The van der Waals surface area contributed by atoms with Crippen molar-refractivity contribution in [1.29, 1.82) is 0 Å². The van der Waals surface area contributed by atoms with Gasteiger partial charge in [-0.2, -0.15) is 0 Å². The van der Waals surface area contributed by atoms with Gasteiger partial charge in [0.2, 0.25) is 5.91 Å². The predicted octanol–water partition coefficient (Wildman–Crippen LogP) is 3.40. The van der Waals surface area contributed by atoms with E-state index in [1.807, 2.05) is 17.9 Å². The summed E-state index contributed by atoms with van der Waals surface area (Å²) in [5.41, 5.74) is 0.947. The Morgan fingerprint density at radius 3 is 2.82 bits per heavy atom. The molecule has 2 atom stereocenters. The first kappa shape index (κ1) is 15.8. The number of likely N-dealkylation sites (tertiary alicyclic amines) is 1. The van der Waals surface area contributed by atoms with E-state index in [0.717, 1.165) is 44.6 Å². The minimum absolute atomic E-state index is 0.00103. The molecule has 1 aromatic rings. The van der Waals surface area contributed by atoms with Crippen LogP contribution in [0.4, 0.5) is 4.39 Å². The first-order valence-corrected chi connectivity index (χ1v) is 8.88. The van der Waals surface area contributed by atoms with Crippen molar-refractivity contribution in [2.75, 3.05) is 19.8 Å². The lowest BCUT2D eigenvalue weighted by molar-refractivity contribution is -0.130. The van der Waals surface area contributed by atoms with Crippen LogP contribution in [0, 0.1) is 5.82 Å². The lowest BCUT2D eigenvalue weighted by Crippen LogP contribution is -2.41. The second-order valence-corrected chi connectivity index (χ2v) is 7.53. The third-order valence-electron chi connectivity index (χ3n) is 4.51. The minimum Gasteiger partial charge on any atom is -0.381 e. The second kappa shape index (κ2) is 7.01. The Bertz CT molecular complexity index is 533. The van der Waals surface area contributed by atoms with Crippen LogP contribution in [-0.2, 0) is 9.53 Å². The van der Waals surface area contributed by atoms with E-state index in [2.05, 4.69) is 0 Å². The molecule has 0 N–H and O–H groups in total.